The standard InChI is InChI=1S/C13H14FNOS/c1-8(15)10-3-4-13(11(14)7-10)17-12-5-6-16-9(12)2/h3-8H,15H2,1-2H3/t8-/m1/s1. The fourth-order valence-electron chi connectivity index (χ4n) is 1.48. The highest BCUT2D eigenvalue weighted by molar-refractivity contribution is 7.99. The van der Waals surface area contributed by atoms with Crippen LogP contribution in [-0.2, 0) is 0 Å². The van der Waals surface area contributed by atoms with Crippen LogP contribution in [0.4, 0.5) is 4.39 Å². The number of hydrogen-bond acceptors (Lipinski definition) is 3. The number of halogens is 1. The number of furan rings is 1. The summed E-state index contributed by atoms with van der Waals surface area (Å²) >= 11 is 1.36. The molecule has 0 saturated heterocycles. The highest BCUT2D eigenvalue weighted by Crippen LogP contribution is 2.33. The van der Waals surface area contributed by atoms with Crippen LogP contribution in [0.15, 0.2) is 44.7 Å². The van der Waals surface area contributed by atoms with E-state index in [9.17, 15) is 4.39 Å². The third-order valence-electron chi connectivity index (χ3n) is 2.51. The van der Waals surface area contributed by atoms with E-state index in [1.54, 1.807) is 12.3 Å². The minimum Gasteiger partial charge on any atom is -0.468 e. The lowest BCUT2D eigenvalue weighted by Crippen LogP contribution is -2.05. The van der Waals surface area contributed by atoms with Gasteiger partial charge in [0.05, 0.1) is 11.2 Å². The molecule has 17 heavy (non-hydrogen) atoms. The topological polar surface area (TPSA) is 39.2 Å². The third kappa shape index (κ3) is 2.70. The maximum Gasteiger partial charge on any atom is 0.137 e. The highest BCUT2D eigenvalue weighted by atomic mass is 32.2. The van der Waals surface area contributed by atoms with Crippen molar-refractivity contribution in [2.45, 2.75) is 29.7 Å². The second kappa shape index (κ2) is 4.94. The first-order valence-electron chi connectivity index (χ1n) is 5.35. The Morgan fingerprint density at radius 2 is 2.06 bits per heavy atom. The van der Waals surface area contributed by atoms with E-state index in [1.165, 1.54) is 17.8 Å². The smallest absolute Gasteiger partial charge is 0.137 e. The molecule has 0 bridgehead atoms. The molecule has 0 unspecified atom stereocenters. The van der Waals surface area contributed by atoms with Gasteiger partial charge >= 0.3 is 0 Å². The molecule has 2 N–H and O–H groups in total. The Morgan fingerprint density at radius 1 is 1.29 bits per heavy atom. The van der Waals surface area contributed by atoms with Crippen LogP contribution in [-0.4, -0.2) is 0 Å². The van der Waals surface area contributed by atoms with Gasteiger partial charge in [-0.2, -0.15) is 0 Å². The molecule has 0 fully saturated rings. The predicted octanol–water partition coefficient (Wildman–Crippen LogP) is 3.90. The van der Waals surface area contributed by atoms with Crippen LogP contribution in [0, 0.1) is 12.7 Å². The average molecular weight is 251 g/mol. The molecule has 2 nitrogen and oxygen atoms in total. The van der Waals surface area contributed by atoms with Gasteiger partial charge in [0.25, 0.3) is 0 Å². The van der Waals surface area contributed by atoms with Gasteiger partial charge in [-0.15, -0.1) is 0 Å². The summed E-state index contributed by atoms with van der Waals surface area (Å²) in [5.41, 5.74) is 6.51. The maximum absolute atomic E-state index is 13.8. The number of aryl methyl sites for hydroxylation is 1. The molecular formula is C13H14FNOS. The van der Waals surface area contributed by atoms with Crippen LogP contribution in [0.25, 0.3) is 0 Å². The van der Waals surface area contributed by atoms with Crippen LogP contribution in [0.1, 0.15) is 24.3 Å². The molecule has 2 aromatic rings. The Kier molecular flexibility index (Phi) is 3.54. The summed E-state index contributed by atoms with van der Waals surface area (Å²) in [4.78, 5) is 1.51. The Bertz CT molecular complexity index is 522. The van der Waals surface area contributed by atoms with Crippen molar-refractivity contribution in [1.82, 2.24) is 0 Å². The summed E-state index contributed by atoms with van der Waals surface area (Å²) in [6.07, 6.45) is 1.60. The van der Waals surface area contributed by atoms with Crippen molar-refractivity contribution >= 4 is 11.8 Å². The van der Waals surface area contributed by atoms with Gasteiger partial charge < -0.3 is 10.2 Å². The minimum atomic E-state index is -0.245. The molecule has 1 aromatic carbocycles. The van der Waals surface area contributed by atoms with Gasteiger partial charge in [0.15, 0.2) is 0 Å². The molecule has 1 heterocycles. The van der Waals surface area contributed by atoms with Crippen molar-refractivity contribution in [3.63, 3.8) is 0 Å². The highest BCUT2D eigenvalue weighted by Gasteiger charge is 2.10. The first-order chi connectivity index (χ1) is 8.08. The lowest BCUT2D eigenvalue weighted by Gasteiger charge is -2.08. The zero-order valence-electron chi connectivity index (χ0n) is 9.74. The van der Waals surface area contributed by atoms with E-state index >= 15 is 0 Å². The van der Waals surface area contributed by atoms with Gasteiger partial charge in [0, 0.05) is 10.9 Å². The van der Waals surface area contributed by atoms with E-state index in [0.717, 1.165) is 16.2 Å². The van der Waals surface area contributed by atoms with E-state index in [1.807, 2.05) is 26.0 Å². The minimum absolute atomic E-state index is 0.154. The maximum atomic E-state index is 13.8. The van der Waals surface area contributed by atoms with E-state index in [4.69, 9.17) is 10.2 Å². The predicted molar refractivity (Wildman–Crippen MR) is 66.6 cm³/mol. The molecule has 0 aliphatic heterocycles. The number of benzene rings is 1. The second-order valence-corrected chi connectivity index (χ2v) is 5.01. The lowest BCUT2D eigenvalue weighted by molar-refractivity contribution is 0.526. The van der Waals surface area contributed by atoms with Crippen LogP contribution in [0.2, 0.25) is 0 Å². The first kappa shape index (κ1) is 12.2. The first-order valence-corrected chi connectivity index (χ1v) is 6.16. The molecule has 0 saturated carbocycles. The van der Waals surface area contributed by atoms with Crippen LogP contribution >= 0.6 is 11.8 Å². The summed E-state index contributed by atoms with van der Waals surface area (Å²) < 4.78 is 19.0. The molecule has 0 spiro atoms. The van der Waals surface area contributed by atoms with E-state index < -0.39 is 0 Å². The molecular weight excluding hydrogens is 237 g/mol. The van der Waals surface area contributed by atoms with Gasteiger partial charge in [-0.05, 0) is 37.6 Å². The summed E-state index contributed by atoms with van der Waals surface area (Å²) in [6.45, 7) is 3.69. The molecule has 1 aromatic heterocycles. The number of hydrogen-bond donors (Lipinski definition) is 1. The zero-order chi connectivity index (χ0) is 12.4. The normalized spacial score (nSPS) is 12.7. The van der Waals surface area contributed by atoms with E-state index in [-0.39, 0.29) is 11.9 Å². The summed E-state index contributed by atoms with van der Waals surface area (Å²) in [7, 11) is 0. The van der Waals surface area contributed by atoms with Crippen LogP contribution in [0.5, 0.6) is 0 Å². The largest absolute Gasteiger partial charge is 0.468 e. The quantitative estimate of drug-likeness (QED) is 0.899. The van der Waals surface area contributed by atoms with Gasteiger partial charge in [0.2, 0.25) is 0 Å². The Morgan fingerprint density at radius 3 is 2.59 bits per heavy atom. The SMILES string of the molecule is Cc1occc1Sc1ccc([C@@H](C)N)cc1F. The van der Waals surface area contributed by atoms with E-state index in [0.29, 0.717) is 4.90 Å². The molecule has 0 aliphatic rings. The van der Waals surface area contributed by atoms with Gasteiger partial charge in [-0.1, -0.05) is 17.8 Å². The van der Waals surface area contributed by atoms with Crippen molar-refractivity contribution in [2.24, 2.45) is 5.73 Å². The number of nitrogens with two attached hydrogens (primary N) is 1. The molecule has 1 atom stereocenters. The fourth-order valence-corrected chi connectivity index (χ4v) is 2.33. The molecule has 0 amide bonds. The van der Waals surface area contributed by atoms with Crippen molar-refractivity contribution in [3.05, 3.63) is 47.7 Å². The molecule has 2 rings (SSSR count). The summed E-state index contributed by atoms with van der Waals surface area (Å²) in [6, 6.07) is 6.78. The third-order valence-corrected chi connectivity index (χ3v) is 3.71. The van der Waals surface area contributed by atoms with E-state index in [2.05, 4.69) is 0 Å². The van der Waals surface area contributed by atoms with Gasteiger partial charge in [-0.3, -0.25) is 0 Å². The van der Waals surface area contributed by atoms with Crippen molar-refractivity contribution in [2.75, 3.05) is 0 Å². The Balaban J connectivity index is 2.26. The van der Waals surface area contributed by atoms with Crippen LogP contribution in [0.3, 0.4) is 0 Å². The van der Waals surface area contributed by atoms with Crippen molar-refractivity contribution < 1.29 is 8.81 Å². The lowest BCUT2D eigenvalue weighted by atomic mass is 10.1. The van der Waals surface area contributed by atoms with Crippen molar-refractivity contribution in [3.8, 4) is 0 Å². The Labute approximate surface area is 104 Å². The Hall–Kier alpha value is -1.26. The fraction of sp³-hybridized carbons (Fsp3) is 0.231. The molecule has 0 radical (unpaired) electrons. The number of rotatable bonds is 3. The van der Waals surface area contributed by atoms with Gasteiger partial charge in [0.1, 0.15) is 11.6 Å². The monoisotopic (exact) mass is 251 g/mol. The molecule has 4 heteroatoms. The molecule has 0 aliphatic carbocycles. The van der Waals surface area contributed by atoms with Crippen molar-refractivity contribution in [1.29, 1.82) is 0 Å². The second-order valence-electron chi connectivity index (χ2n) is 3.92. The summed E-state index contributed by atoms with van der Waals surface area (Å²) in [5.74, 6) is 0.552. The summed E-state index contributed by atoms with van der Waals surface area (Å²) in [5, 5.41) is 0. The average Bonchev–Trinajstić information content (AvgIpc) is 2.67. The van der Waals surface area contributed by atoms with Crippen LogP contribution < -0.4 is 5.73 Å². The molecule has 90 valence electrons. The zero-order valence-corrected chi connectivity index (χ0v) is 10.6. The van der Waals surface area contributed by atoms with Gasteiger partial charge in [-0.25, -0.2) is 4.39 Å².